The van der Waals surface area contributed by atoms with Gasteiger partial charge in [0.2, 0.25) is 11.8 Å². The number of carbonyl (C=O) groups excluding carboxylic acids is 3. The van der Waals surface area contributed by atoms with Crippen molar-refractivity contribution in [2.45, 2.75) is 148 Å². The van der Waals surface area contributed by atoms with Crippen molar-refractivity contribution in [2.24, 2.45) is 23.0 Å². The van der Waals surface area contributed by atoms with Crippen LogP contribution in [0.1, 0.15) is 86.5 Å². The molecule has 4 N–H and O–H groups in total. The second-order valence-electron chi connectivity index (χ2n) is 16.4. The van der Waals surface area contributed by atoms with Gasteiger partial charge in [-0.2, -0.15) is 0 Å². The Labute approximate surface area is 260 Å². The summed E-state index contributed by atoms with van der Waals surface area (Å²) in [6.45, 7) is 19.8. The normalized spacial score (nSPS) is 31.1. The van der Waals surface area contributed by atoms with Gasteiger partial charge in [0, 0.05) is 14.6 Å². The first-order valence-corrected chi connectivity index (χ1v) is 20.2. The molecule has 5 aliphatic rings. The maximum atomic E-state index is 13.9. The molecule has 3 aliphatic carbocycles. The summed E-state index contributed by atoms with van der Waals surface area (Å²) in [6, 6.07) is -0.797. The molecule has 0 aromatic rings. The Morgan fingerprint density at radius 1 is 1.12 bits per heavy atom. The molecule has 10 nitrogen and oxygen atoms in total. The van der Waals surface area contributed by atoms with Crippen LogP contribution in [0.25, 0.3) is 0 Å². The minimum atomic E-state index is -1.77. The molecule has 7 atom stereocenters. The molecule has 5 fully saturated rings. The molecule has 0 radical (unpaired) electrons. The molecule has 2 heterocycles. The molecule has 0 spiro atoms. The van der Waals surface area contributed by atoms with E-state index >= 15 is 0 Å². The molecule has 12 heteroatoms. The van der Waals surface area contributed by atoms with Gasteiger partial charge in [-0.1, -0.05) is 39.9 Å². The van der Waals surface area contributed by atoms with E-state index in [4.69, 9.17) is 19.8 Å². The van der Waals surface area contributed by atoms with Gasteiger partial charge in [-0.3, -0.25) is 9.59 Å². The highest BCUT2D eigenvalue weighted by Gasteiger charge is 2.68. The van der Waals surface area contributed by atoms with Gasteiger partial charge in [-0.25, -0.2) is 4.79 Å². The number of nitrogens with one attached hydrogen (secondary N) is 2. The summed E-state index contributed by atoms with van der Waals surface area (Å²) in [5.41, 5.74) is 4.98. The third-order valence-corrected chi connectivity index (χ3v) is 11.9. The van der Waals surface area contributed by atoms with Crippen molar-refractivity contribution in [2.75, 3.05) is 13.1 Å². The first-order chi connectivity index (χ1) is 19.9. The lowest BCUT2D eigenvalue weighted by Gasteiger charge is -2.64. The lowest BCUT2D eigenvalue weighted by Crippen LogP contribution is -2.65. The van der Waals surface area contributed by atoms with E-state index < -0.39 is 39.0 Å². The molecule has 2 aliphatic heterocycles. The number of hydrogen-bond acceptors (Lipinski definition) is 7. The topological polar surface area (TPSA) is 132 Å². The molecule has 3 saturated carbocycles. The number of alkyl carbamates (subject to hydrolysis) is 1. The SMILES string of the molecule is CC(C)(C)OC(=O)N[C@H](C[Si](C)(C)C)C(=O)N1CCC[C@H]1C(=O)N[C@@H](CCCCN)B1O[C@@H]2CC3C[C@H](C3(C)C)[C@]2(C)O1. The van der Waals surface area contributed by atoms with Crippen molar-refractivity contribution in [1.29, 1.82) is 0 Å². The van der Waals surface area contributed by atoms with Gasteiger partial charge in [0.05, 0.1) is 17.6 Å². The number of ether oxygens (including phenoxy) is 1. The fourth-order valence-electron chi connectivity index (χ4n) is 7.90. The number of likely N-dealkylation sites (tertiary alicyclic amines) is 1. The number of unbranched alkanes of at least 4 members (excludes halogenated alkanes) is 1. The molecule has 1 unspecified atom stereocenters. The Hall–Kier alpha value is -1.63. The molecule has 2 saturated heterocycles. The zero-order valence-electron chi connectivity index (χ0n) is 28.1. The van der Waals surface area contributed by atoms with Crippen molar-refractivity contribution in [1.82, 2.24) is 15.5 Å². The van der Waals surface area contributed by atoms with E-state index in [2.05, 4.69) is 51.0 Å². The Morgan fingerprint density at radius 3 is 2.42 bits per heavy atom. The van der Waals surface area contributed by atoms with Gasteiger partial charge >= 0.3 is 13.2 Å². The molecular formula is C31H57BN4O6Si. The Kier molecular flexibility index (Phi) is 10.1. The van der Waals surface area contributed by atoms with E-state index in [-0.39, 0.29) is 34.9 Å². The number of nitrogens with two attached hydrogens (primary N) is 1. The minimum absolute atomic E-state index is 0.0222. The zero-order valence-corrected chi connectivity index (χ0v) is 29.1. The summed E-state index contributed by atoms with van der Waals surface area (Å²) in [5.74, 6) is 0.318. The van der Waals surface area contributed by atoms with Crippen LogP contribution in [0.3, 0.4) is 0 Å². The third kappa shape index (κ3) is 7.61. The Morgan fingerprint density at radius 2 is 1.81 bits per heavy atom. The molecule has 43 heavy (non-hydrogen) atoms. The zero-order chi connectivity index (χ0) is 32.0. The predicted octanol–water partition coefficient (Wildman–Crippen LogP) is 4.09. The fraction of sp³-hybridized carbons (Fsp3) is 0.903. The van der Waals surface area contributed by atoms with Crippen molar-refractivity contribution in [3.63, 3.8) is 0 Å². The molecule has 2 bridgehead atoms. The number of hydrogen-bond donors (Lipinski definition) is 3. The molecule has 5 rings (SSSR count). The molecular weight excluding hydrogens is 563 g/mol. The predicted molar refractivity (Wildman–Crippen MR) is 171 cm³/mol. The maximum absolute atomic E-state index is 13.9. The van der Waals surface area contributed by atoms with Gasteiger partial charge in [0.15, 0.2) is 0 Å². The van der Waals surface area contributed by atoms with Crippen LogP contribution in [0, 0.1) is 17.3 Å². The van der Waals surface area contributed by atoms with E-state index in [1.165, 1.54) is 0 Å². The maximum Gasteiger partial charge on any atom is 0.481 e. The lowest BCUT2D eigenvalue weighted by atomic mass is 9.43. The van der Waals surface area contributed by atoms with Gasteiger partial charge in [-0.05, 0) is 96.1 Å². The highest BCUT2D eigenvalue weighted by Crippen LogP contribution is 2.65. The number of carbonyl (C=O) groups is 3. The number of rotatable bonds is 11. The second kappa shape index (κ2) is 12.6. The Bertz CT molecular complexity index is 1050. The summed E-state index contributed by atoms with van der Waals surface area (Å²) in [5, 5.41) is 6.08. The van der Waals surface area contributed by atoms with Crippen LogP contribution in [0.2, 0.25) is 25.7 Å². The minimum Gasteiger partial charge on any atom is -0.444 e. The fourth-order valence-corrected chi connectivity index (χ4v) is 9.40. The van der Waals surface area contributed by atoms with Crippen molar-refractivity contribution >= 4 is 33.1 Å². The largest absolute Gasteiger partial charge is 0.481 e. The van der Waals surface area contributed by atoms with Crippen LogP contribution in [0.15, 0.2) is 0 Å². The lowest BCUT2D eigenvalue weighted by molar-refractivity contribution is -0.199. The molecule has 244 valence electrons. The van der Waals surface area contributed by atoms with Crippen LogP contribution in [0.5, 0.6) is 0 Å². The summed E-state index contributed by atoms with van der Waals surface area (Å²) >= 11 is 0. The van der Waals surface area contributed by atoms with E-state index in [1.54, 1.807) is 25.7 Å². The summed E-state index contributed by atoms with van der Waals surface area (Å²) in [6.07, 6.45) is 5.22. The molecule has 0 aromatic carbocycles. The average Bonchev–Trinajstić information content (AvgIpc) is 3.49. The van der Waals surface area contributed by atoms with Gasteiger partial charge in [0.25, 0.3) is 0 Å². The monoisotopic (exact) mass is 620 g/mol. The van der Waals surface area contributed by atoms with Crippen LogP contribution in [0.4, 0.5) is 4.79 Å². The quantitative estimate of drug-likeness (QED) is 0.234. The van der Waals surface area contributed by atoms with Crippen LogP contribution < -0.4 is 16.4 Å². The standard InChI is InChI=1S/C31H57BN4O6Si/c1-29(2,3)40-28(39)34-21(19-43(7,8)9)27(38)36-16-12-13-22(36)26(37)35-25(14-10-11-15-33)32-41-24-18-20-17-23(30(20,4)5)31(24,6)42-32/h20-25H,10-19,33H2,1-9H3,(H,34,39)(H,35,37)/t20?,21-,22+,23-,24-,25+,31+/m1/s1. The van der Waals surface area contributed by atoms with E-state index in [1.807, 2.05) is 0 Å². The first kappa shape index (κ1) is 34.2. The second-order valence-corrected chi connectivity index (χ2v) is 21.9. The molecule has 3 amide bonds. The van der Waals surface area contributed by atoms with Gasteiger partial charge in [-0.15, -0.1) is 0 Å². The smallest absolute Gasteiger partial charge is 0.444 e. The first-order valence-electron chi connectivity index (χ1n) is 16.5. The van der Waals surface area contributed by atoms with E-state index in [9.17, 15) is 14.4 Å². The number of nitrogens with zero attached hydrogens (tertiary/aromatic N) is 1. The summed E-state index contributed by atoms with van der Waals surface area (Å²) in [4.78, 5) is 42.2. The number of amides is 3. The highest BCUT2D eigenvalue weighted by molar-refractivity contribution is 6.76. The van der Waals surface area contributed by atoms with Crippen LogP contribution in [-0.4, -0.2) is 86.4 Å². The molecule has 0 aromatic heterocycles. The Balaban J connectivity index is 1.47. The van der Waals surface area contributed by atoms with Gasteiger partial charge < -0.3 is 35.3 Å². The summed E-state index contributed by atoms with van der Waals surface area (Å²) in [7, 11) is -2.30. The summed E-state index contributed by atoms with van der Waals surface area (Å²) < 4.78 is 18.8. The van der Waals surface area contributed by atoms with Gasteiger partial charge in [0.1, 0.15) is 17.7 Å². The van der Waals surface area contributed by atoms with Crippen LogP contribution in [-0.2, 0) is 23.6 Å². The average molecular weight is 621 g/mol. The van der Waals surface area contributed by atoms with E-state index in [0.29, 0.717) is 43.8 Å². The van der Waals surface area contributed by atoms with Crippen LogP contribution >= 0.6 is 0 Å². The van der Waals surface area contributed by atoms with E-state index in [0.717, 1.165) is 32.1 Å². The van der Waals surface area contributed by atoms with Crippen molar-refractivity contribution in [3.05, 3.63) is 0 Å². The highest BCUT2D eigenvalue weighted by atomic mass is 28.3. The van der Waals surface area contributed by atoms with Crippen molar-refractivity contribution < 1.29 is 28.4 Å². The third-order valence-electron chi connectivity index (χ3n) is 10.2. The van der Waals surface area contributed by atoms with Crippen molar-refractivity contribution in [3.8, 4) is 0 Å².